The number of nitrogens with zero attached hydrogens (tertiary/aromatic N) is 1. The largest absolute Gasteiger partial charge is 0.378 e. The molecule has 2 saturated heterocycles. The highest BCUT2D eigenvalue weighted by atomic mass is 16.5. The van der Waals surface area contributed by atoms with Crippen molar-refractivity contribution in [3.63, 3.8) is 0 Å². The summed E-state index contributed by atoms with van der Waals surface area (Å²) in [6, 6.07) is 0. The molecule has 2 atom stereocenters. The van der Waals surface area contributed by atoms with Crippen molar-refractivity contribution in [2.75, 3.05) is 26.9 Å². The van der Waals surface area contributed by atoms with Crippen LogP contribution in [0.3, 0.4) is 0 Å². The quantitative estimate of drug-likeness (QED) is 0.844. The van der Waals surface area contributed by atoms with Crippen LogP contribution in [0, 0.1) is 0 Å². The molecule has 20 heavy (non-hydrogen) atoms. The van der Waals surface area contributed by atoms with E-state index in [9.17, 15) is 4.79 Å². The van der Waals surface area contributed by atoms with Crippen molar-refractivity contribution in [3.8, 4) is 0 Å². The van der Waals surface area contributed by atoms with E-state index in [4.69, 9.17) is 9.47 Å². The highest BCUT2D eigenvalue weighted by Crippen LogP contribution is 2.38. The molecule has 3 fully saturated rings. The first-order valence-corrected chi connectivity index (χ1v) is 7.86. The number of carbonyl (C=O) groups is 1. The molecular weight excluding hydrogens is 256 g/mol. The number of carbonyl (C=O) groups excluding carboxylic acids is 1. The van der Waals surface area contributed by atoms with Gasteiger partial charge in [0.05, 0.1) is 24.9 Å². The Labute approximate surface area is 121 Å². The summed E-state index contributed by atoms with van der Waals surface area (Å²) in [4.78, 5) is 14.9. The number of ether oxygens (including phenoxy) is 2. The van der Waals surface area contributed by atoms with Crippen LogP contribution < -0.4 is 5.32 Å². The lowest BCUT2D eigenvalue weighted by molar-refractivity contribution is -0.137. The lowest BCUT2D eigenvalue weighted by atomic mass is 9.97. The third-order valence-corrected chi connectivity index (χ3v) is 5.29. The third-order valence-electron chi connectivity index (χ3n) is 5.29. The van der Waals surface area contributed by atoms with Gasteiger partial charge in [-0.1, -0.05) is 19.8 Å². The number of amides is 1. The molecule has 3 aliphatic rings. The highest BCUT2D eigenvalue weighted by Gasteiger charge is 2.53. The van der Waals surface area contributed by atoms with Gasteiger partial charge >= 0.3 is 0 Å². The molecule has 2 unspecified atom stereocenters. The van der Waals surface area contributed by atoms with Gasteiger partial charge in [-0.2, -0.15) is 0 Å². The Kier molecular flexibility index (Phi) is 3.77. The average Bonchev–Trinajstić information content (AvgIpc) is 3.17. The molecular formula is C15H26N2O3. The zero-order valence-electron chi connectivity index (χ0n) is 12.6. The van der Waals surface area contributed by atoms with Crippen LogP contribution in [0.5, 0.6) is 0 Å². The number of hydrogen-bond donors (Lipinski definition) is 1. The molecule has 5 heteroatoms. The second kappa shape index (κ2) is 5.28. The minimum atomic E-state index is -0.311. The Morgan fingerprint density at radius 1 is 1.40 bits per heavy atom. The van der Waals surface area contributed by atoms with E-state index in [0.717, 1.165) is 45.1 Å². The second-order valence-electron chi connectivity index (χ2n) is 6.48. The SMILES string of the molecule is CCC1NC2(CCCC2)C(=O)N1CC1(OC)CCOC1. The molecule has 1 saturated carbocycles. The van der Waals surface area contributed by atoms with Crippen molar-refractivity contribution in [1.82, 2.24) is 10.2 Å². The summed E-state index contributed by atoms with van der Waals surface area (Å²) < 4.78 is 11.2. The summed E-state index contributed by atoms with van der Waals surface area (Å²) in [7, 11) is 1.73. The number of hydrogen-bond acceptors (Lipinski definition) is 4. The summed E-state index contributed by atoms with van der Waals surface area (Å²) in [6.07, 6.45) is 6.23. The fraction of sp³-hybridized carbons (Fsp3) is 0.933. The maximum absolute atomic E-state index is 12.9. The Bertz CT molecular complexity index is 373. The summed E-state index contributed by atoms with van der Waals surface area (Å²) in [6.45, 7) is 4.11. The lowest BCUT2D eigenvalue weighted by Gasteiger charge is -2.33. The first kappa shape index (κ1) is 14.3. The monoisotopic (exact) mass is 282 g/mol. The van der Waals surface area contributed by atoms with Crippen LogP contribution in [-0.2, 0) is 14.3 Å². The number of rotatable bonds is 4. The first-order chi connectivity index (χ1) is 9.65. The zero-order valence-corrected chi connectivity index (χ0v) is 12.6. The van der Waals surface area contributed by atoms with Gasteiger partial charge < -0.3 is 14.4 Å². The second-order valence-corrected chi connectivity index (χ2v) is 6.48. The Hall–Kier alpha value is -0.650. The minimum absolute atomic E-state index is 0.147. The van der Waals surface area contributed by atoms with Crippen LogP contribution in [-0.4, -0.2) is 55.0 Å². The topological polar surface area (TPSA) is 50.8 Å². The van der Waals surface area contributed by atoms with Crippen LogP contribution in [0.1, 0.15) is 45.4 Å². The highest BCUT2D eigenvalue weighted by molar-refractivity contribution is 5.89. The Morgan fingerprint density at radius 2 is 2.15 bits per heavy atom. The van der Waals surface area contributed by atoms with Crippen LogP contribution in [0.4, 0.5) is 0 Å². The molecule has 1 N–H and O–H groups in total. The minimum Gasteiger partial charge on any atom is -0.378 e. The van der Waals surface area contributed by atoms with Gasteiger partial charge in [-0.25, -0.2) is 0 Å². The van der Waals surface area contributed by atoms with E-state index in [-0.39, 0.29) is 23.2 Å². The van der Waals surface area contributed by atoms with Gasteiger partial charge in [0.15, 0.2) is 0 Å². The normalized spacial score (nSPS) is 36.4. The first-order valence-electron chi connectivity index (χ1n) is 7.86. The molecule has 1 amide bonds. The number of nitrogens with one attached hydrogen (secondary N) is 1. The Morgan fingerprint density at radius 3 is 2.70 bits per heavy atom. The predicted octanol–water partition coefficient (Wildman–Crippen LogP) is 1.27. The van der Waals surface area contributed by atoms with E-state index < -0.39 is 0 Å². The van der Waals surface area contributed by atoms with Crippen LogP contribution in [0.15, 0.2) is 0 Å². The van der Waals surface area contributed by atoms with Gasteiger partial charge in [-0.15, -0.1) is 0 Å². The van der Waals surface area contributed by atoms with Crippen molar-refractivity contribution in [2.24, 2.45) is 0 Å². The van der Waals surface area contributed by atoms with E-state index >= 15 is 0 Å². The average molecular weight is 282 g/mol. The van der Waals surface area contributed by atoms with Crippen molar-refractivity contribution >= 4 is 5.91 Å². The molecule has 5 nitrogen and oxygen atoms in total. The van der Waals surface area contributed by atoms with E-state index in [0.29, 0.717) is 13.2 Å². The standard InChI is InChI=1S/C15H26N2O3/c1-3-12-16-15(6-4-5-7-15)13(18)17(12)10-14(19-2)8-9-20-11-14/h12,16H,3-11H2,1-2H3. The molecule has 0 aromatic heterocycles. The van der Waals surface area contributed by atoms with E-state index in [2.05, 4.69) is 12.2 Å². The van der Waals surface area contributed by atoms with Gasteiger partial charge in [-0.3, -0.25) is 10.1 Å². The fourth-order valence-electron chi connectivity index (χ4n) is 3.97. The zero-order chi connectivity index (χ0) is 14.2. The molecule has 2 heterocycles. The fourth-order valence-corrected chi connectivity index (χ4v) is 3.97. The Balaban J connectivity index is 1.78. The molecule has 3 rings (SSSR count). The van der Waals surface area contributed by atoms with Gasteiger partial charge in [0.25, 0.3) is 0 Å². The third kappa shape index (κ3) is 2.16. The van der Waals surface area contributed by atoms with Gasteiger partial charge in [0.1, 0.15) is 5.60 Å². The molecule has 0 radical (unpaired) electrons. The maximum Gasteiger partial charge on any atom is 0.244 e. The van der Waals surface area contributed by atoms with E-state index in [1.165, 1.54) is 0 Å². The molecule has 0 bridgehead atoms. The van der Waals surface area contributed by atoms with Crippen molar-refractivity contribution in [1.29, 1.82) is 0 Å². The summed E-state index contributed by atoms with van der Waals surface area (Å²) in [5.74, 6) is 0.283. The van der Waals surface area contributed by atoms with E-state index in [1.807, 2.05) is 4.90 Å². The lowest BCUT2D eigenvalue weighted by Crippen LogP contribution is -2.50. The molecule has 114 valence electrons. The molecule has 1 aliphatic carbocycles. The van der Waals surface area contributed by atoms with Crippen LogP contribution in [0.25, 0.3) is 0 Å². The summed E-state index contributed by atoms with van der Waals surface area (Å²) in [5.41, 5.74) is -0.593. The molecule has 1 spiro atoms. The predicted molar refractivity (Wildman–Crippen MR) is 75.3 cm³/mol. The summed E-state index contributed by atoms with van der Waals surface area (Å²) >= 11 is 0. The van der Waals surface area contributed by atoms with Gasteiger partial charge in [0.2, 0.25) is 5.91 Å². The molecule has 0 aromatic rings. The molecule has 0 aromatic carbocycles. The van der Waals surface area contributed by atoms with Crippen molar-refractivity contribution in [2.45, 2.75) is 62.8 Å². The summed E-state index contributed by atoms with van der Waals surface area (Å²) in [5, 5.41) is 3.61. The van der Waals surface area contributed by atoms with E-state index in [1.54, 1.807) is 7.11 Å². The number of methoxy groups -OCH3 is 1. The van der Waals surface area contributed by atoms with Gasteiger partial charge in [0, 0.05) is 20.1 Å². The van der Waals surface area contributed by atoms with Crippen LogP contribution in [0.2, 0.25) is 0 Å². The van der Waals surface area contributed by atoms with Crippen molar-refractivity contribution in [3.05, 3.63) is 0 Å². The van der Waals surface area contributed by atoms with Crippen molar-refractivity contribution < 1.29 is 14.3 Å². The van der Waals surface area contributed by atoms with Crippen LogP contribution >= 0.6 is 0 Å². The smallest absolute Gasteiger partial charge is 0.244 e. The van der Waals surface area contributed by atoms with Gasteiger partial charge in [-0.05, 0) is 19.3 Å². The maximum atomic E-state index is 12.9. The molecule has 2 aliphatic heterocycles.